The molecule has 0 aliphatic heterocycles. The molecule has 3 nitrogen and oxygen atoms in total. The number of nitrogens with one attached hydrogen (secondary N) is 1. The molecule has 0 fully saturated rings. The molecule has 1 aliphatic rings. The van der Waals surface area contributed by atoms with Gasteiger partial charge in [-0.05, 0) is 44.9 Å². The smallest absolute Gasteiger partial charge is 0.0462 e. The molecule has 1 rings (SSSR count). The maximum absolute atomic E-state index is 5.55. The van der Waals surface area contributed by atoms with Crippen LogP contribution in [0.25, 0.3) is 0 Å². The fraction of sp³-hybridized carbons (Fsp3) is 0.833. The molecular weight excluding hydrogens is 188 g/mol. The third kappa shape index (κ3) is 5.30. The van der Waals surface area contributed by atoms with Crippen molar-refractivity contribution in [3.05, 3.63) is 11.6 Å². The van der Waals surface area contributed by atoms with Gasteiger partial charge in [-0.3, -0.25) is 11.3 Å². The molecule has 0 aromatic carbocycles. The van der Waals surface area contributed by atoms with Crippen LogP contribution in [-0.4, -0.2) is 19.8 Å². The lowest BCUT2D eigenvalue weighted by Crippen LogP contribution is -2.35. The standard InChI is InChI=1S/C12H24N2O/c1-15-9-5-8-12(14-13)10-11-6-3-2-4-7-11/h6,12,14H,2-5,7-10,13H2,1H3. The summed E-state index contributed by atoms with van der Waals surface area (Å²) in [7, 11) is 1.74. The number of allylic oxidation sites excluding steroid dienone is 1. The summed E-state index contributed by atoms with van der Waals surface area (Å²) < 4.78 is 5.04. The number of hydrazine groups is 1. The second-order valence-electron chi connectivity index (χ2n) is 4.31. The first kappa shape index (κ1) is 12.7. The molecule has 0 aromatic heterocycles. The van der Waals surface area contributed by atoms with E-state index in [4.69, 9.17) is 10.6 Å². The molecule has 1 atom stereocenters. The van der Waals surface area contributed by atoms with Crippen LogP contribution in [0.3, 0.4) is 0 Å². The van der Waals surface area contributed by atoms with Crippen molar-refractivity contribution in [3.8, 4) is 0 Å². The number of nitrogens with two attached hydrogens (primary N) is 1. The maximum Gasteiger partial charge on any atom is 0.0462 e. The average Bonchev–Trinajstić information content (AvgIpc) is 2.29. The zero-order valence-electron chi connectivity index (χ0n) is 9.80. The Bertz CT molecular complexity index is 192. The minimum Gasteiger partial charge on any atom is -0.385 e. The molecule has 0 amide bonds. The van der Waals surface area contributed by atoms with Crippen LogP contribution in [0.4, 0.5) is 0 Å². The lowest BCUT2D eigenvalue weighted by atomic mass is 9.93. The van der Waals surface area contributed by atoms with Gasteiger partial charge in [0.1, 0.15) is 0 Å². The normalized spacial score (nSPS) is 18.7. The highest BCUT2D eigenvalue weighted by Crippen LogP contribution is 2.22. The zero-order valence-corrected chi connectivity index (χ0v) is 9.80. The zero-order chi connectivity index (χ0) is 10.9. The first-order valence-electron chi connectivity index (χ1n) is 5.99. The molecular formula is C12H24N2O. The lowest BCUT2D eigenvalue weighted by molar-refractivity contribution is 0.188. The molecule has 3 N–H and O–H groups in total. The molecule has 1 unspecified atom stereocenters. The molecule has 0 spiro atoms. The third-order valence-electron chi connectivity index (χ3n) is 3.03. The summed E-state index contributed by atoms with van der Waals surface area (Å²) in [4.78, 5) is 0. The highest BCUT2D eigenvalue weighted by atomic mass is 16.5. The Labute approximate surface area is 93.0 Å². The Morgan fingerprint density at radius 1 is 1.53 bits per heavy atom. The van der Waals surface area contributed by atoms with Gasteiger partial charge in [-0.2, -0.15) is 0 Å². The van der Waals surface area contributed by atoms with Crippen molar-refractivity contribution in [2.24, 2.45) is 5.84 Å². The highest BCUT2D eigenvalue weighted by Gasteiger charge is 2.11. The monoisotopic (exact) mass is 212 g/mol. The molecule has 0 bridgehead atoms. The summed E-state index contributed by atoms with van der Waals surface area (Å²) in [5, 5.41) is 0. The van der Waals surface area contributed by atoms with E-state index in [0.717, 1.165) is 25.9 Å². The summed E-state index contributed by atoms with van der Waals surface area (Å²) in [6.07, 6.45) is 10.9. The van der Waals surface area contributed by atoms with E-state index in [1.807, 2.05) is 0 Å². The first-order valence-corrected chi connectivity index (χ1v) is 5.99. The largest absolute Gasteiger partial charge is 0.385 e. The van der Waals surface area contributed by atoms with Gasteiger partial charge in [0, 0.05) is 19.8 Å². The van der Waals surface area contributed by atoms with Gasteiger partial charge in [0.25, 0.3) is 0 Å². The van der Waals surface area contributed by atoms with Gasteiger partial charge in [0.05, 0.1) is 0 Å². The van der Waals surface area contributed by atoms with Crippen LogP contribution >= 0.6 is 0 Å². The topological polar surface area (TPSA) is 47.3 Å². The fourth-order valence-corrected chi connectivity index (χ4v) is 2.12. The van der Waals surface area contributed by atoms with Crippen molar-refractivity contribution >= 4 is 0 Å². The Hall–Kier alpha value is -0.380. The third-order valence-corrected chi connectivity index (χ3v) is 3.03. The molecule has 0 heterocycles. The van der Waals surface area contributed by atoms with Gasteiger partial charge in [0.15, 0.2) is 0 Å². The minimum absolute atomic E-state index is 0.421. The van der Waals surface area contributed by atoms with E-state index in [9.17, 15) is 0 Å². The quantitative estimate of drug-likeness (QED) is 0.294. The molecule has 1 aliphatic carbocycles. The summed E-state index contributed by atoms with van der Waals surface area (Å²) in [5.41, 5.74) is 4.50. The average molecular weight is 212 g/mol. The van der Waals surface area contributed by atoms with Gasteiger partial charge < -0.3 is 4.74 Å². The highest BCUT2D eigenvalue weighted by molar-refractivity contribution is 5.06. The van der Waals surface area contributed by atoms with Crippen molar-refractivity contribution in [1.29, 1.82) is 0 Å². The number of ether oxygens (including phenoxy) is 1. The Morgan fingerprint density at radius 3 is 3.00 bits per heavy atom. The van der Waals surface area contributed by atoms with Crippen molar-refractivity contribution in [2.45, 2.75) is 51.0 Å². The molecule has 0 radical (unpaired) electrons. The molecule has 0 aromatic rings. The summed E-state index contributed by atoms with van der Waals surface area (Å²) in [5.74, 6) is 5.55. The van der Waals surface area contributed by atoms with Crippen LogP contribution in [0, 0.1) is 0 Å². The van der Waals surface area contributed by atoms with E-state index in [0.29, 0.717) is 6.04 Å². The molecule has 0 saturated carbocycles. The minimum atomic E-state index is 0.421. The van der Waals surface area contributed by atoms with E-state index in [-0.39, 0.29) is 0 Å². The predicted molar refractivity (Wildman–Crippen MR) is 63.4 cm³/mol. The van der Waals surface area contributed by atoms with Crippen molar-refractivity contribution in [2.75, 3.05) is 13.7 Å². The molecule has 0 saturated heterocycles. The summed E-state index contributed by atoms with van der Waals surface area (Å²) in [6.45, 7) is 0.831. The second kappa shape index (κ2) is 7.85. The number of hydrogen-bond acceptors (Lipinski definition) is 3. The number of methoxy groups -OCH3 is 1. The van der Waals surface area contributed by atoms with Crippen LogP contribution in [0.2, 0.25) is 0 Å². The van der Waals surface area contributed by atoms with E-state index in [1.54, 1.807) is 12.7 Å². The van der Waals surface area contributed by atoms with Crippen LogP contribution in [0.5, 0.6) is 0 Å². The number of rotatable bonds is 7. The SMILES string of the molecule is COCCCC(CC1=CCCCC1)NN. The molecule has 3 heteroatoms. The van der Waals surface area contributed by atoms with Crippen molar-refractivity contribution in [1.82, 2.24) is 5.43 Å². The fourth-order valence-electron chi connectivity index (χ4n) is 2.12. The van der Waals surface area contributed by atoms with E-state index >= 15 is 0 Å². The maximum atomic E-state index is 5.55. The van der Waals surface area contributed by atoms with E-state index in [2.05, 4.69) is 11.5 Å². The van der Waals surface area contributed by atoms with Crippen LogP contribution in [0.1, 0.15) is 44.9 Å². The molecule has 88 valence electrons. The first-order chi connectivity index (χ1) is 7.36. The Morgan fingerprint density at radius 2 is 2.40 bits per heavy atom. The van der Waals surface area contributed by atoms with Crippen molar-refractivity contribution in [3.63, 3.8) is 0 Å². The summed E-state index contributed by atoms with van der Waals surface area (Å²) >= 11 is 0. The van der Waals surface area contributed by atoms with Gasteiger partial charge >= 0.3 is 0 Å². The predicted octanol–water partition coefficient (Wildman–Crippen LogP) is 2.14. The number of hydrogen-bond donors (Lipinski definition) is 2. The lowest BCUT2D eigenvalue weighted by Gasteiger charge is -2.19. The summed E-state index contributed by atoms with van der Waals surface area (Å²) in [6, 6.07) is 0.421. The van der Waals surface area contributed by atoms with E-state index < -0.39 is 0 Å². The van der Waals surface area contributed by atoms with E-state index in [1.165, 1.54) is 25.7 Å². The van der Waals surface area contributed by atoms with Gasteiger partial charge in [-0.15, -0.1) is 0 Å². The van der Waals surface area contributed by atoms with Gasteiger partial charge in [0.2, 0.25) is 0 Å². The second-order valence-corrected chi connectivity index (χ2v) is 4.31. The van der Waals surface area contributed by atoms with Crippen LogP contribution in [0.15, 0.2) is 11.6 Å². The van der Waals surface area contributed by atoms with Crippen molar-refractivity contribution < 1.29 is 4.74 Å². The molecule has 15 heavy (non-hydrogen) atoms. The Balaban J connectivity index is 2.22. The Kier molecular flexibility index (Phi) is 6.64. The van der Waals surface area contributed by atoms with Crippen LogP contribution in [-0.2, 0) is 4.74 Å². The van der Waals surface area contributed by atoms with Crippen LogP contribution < -0.4 is 11.3 Å². The van der Waals surface area contributed by atoms with Gasteiger partial charge in [-0.25, -0.2) is 0 Å². The van der Waals surface area contributed by atoms with Gasteiger partial charge in [-0.1, -0.05) is 11.6 Å².